The summed E-state index contributed by atoms with van der Waals surface area (Å²) >= 11 is 9.71. The zero-order valence-corrected chi connectivity index (χ0v) is 14.6. The number of hydrogen-bond donors (Lipinski definition) is 0. The third kappa shape index (κ3) is 2.39. The summed E-state index contributed by atoms with van der Waals surface area (Å²) in [6.07, 6.45) is 0. The maximum atomic E-state index is 6.15. The Morgan fingerprint density at radius 2 is 1.76 bits per heavy atom. The Labute approximate surface area is 137 Å². The number of hydrogen-bond acceptors (Lipinski definition) is 1. The van der Waals surface area contributed by atoms with Gasteiger partial charge >= 0.3 is 0 Å². The average molecular weight is 364 g/mol. The standard InChI is InChI=1S/C17H16BrClN2/c1-10-5-4-6-14-16(10)20-15(9-19)21(14)17-11(2)7-13(18)8-12(17)3/h4-8H,9H2,1-3H3. The maximum Gasteiger partial charge on any atom is 0.129 e. The second kappa shape index (κ2) is 5.47. The second-order valence-electron chi connectivity index (χ2n) is 5.33. The third-order valence-electron chi connectivity index (χ3n) is 3.76. The molecule has 0 atom stereocenters. The summed E-state index contributed by atoms with van der Waals surface area (Å²) in [6.45, 7) is 6.32. The SMILES string of the molecule is Cc1cc(Br)cc(C)c1-n1c(CCl)nc2c(C)cccc21. The van der Waals surface area contributed by atoms with Crippen LogP contribution in [0, 0.1) is 20.8 Å². The maximum absolute atomic E-state index is 6.15. The van der Waals surface area contributed by atoms with Crippen LogP contribution in [-0.2, 0) is 5.88 Å². The molecule has 0 spiro atoms. The van der Waals surface area contributed by atoms with Crippen LogP contribution >= 0.6 is 27.5 Å². The normalized spacial score (nSPS) is 11.3. The Morgan fingerprint density at radius 1 is 1.10 bits per heavy atom. The molecule has 1 aromatic heterocycles. The number of benzene rings is 2. The summed E-state index contributed by atoms with van der Waals surface area (Å²) in [4.78, 5) is 4.73. The second-order valence-corrected chi connectivity index (χ2v) is 6.51. The van der Waals surface area contributed by atoms with Crippen molar-refractivity contribution in [1.29, 1.82) is 0 Å². The van der Waals surface area contributed by atoms with Crippen LogP contribution in [0.25, 0.3) is 16.7 Å². The van der Waals surface area contributed by atoms with Crippen LogP contribution in [0.1, 0.15) is 22.5 Å². The quantitative estimate of drug-likeness (QED) is 0.553. The van der Waals surface area contributed by atoms with Crippen LogP contribution in [0.5, 0.6) is 0 Å². The summed E-state index contributed by atoms with van der Waals surface area (Å²) in [6, 6.07) is 10.5. The van der Waals surface area contributed by atoms with Crippen molar-refractivity contribution >= 4 is 38.6 Å². The fourth-order valence-corrected chi connectivity index (χ4v) is 3.75. The lowest BCUT2D eigenvalue weighted by atomic mass is 10.1. The van der Waals surface area contributed by atoms with Crippen LogP contribution in [0.15, 0.2) is 34.8 Å². The van der Waals surface area contributed by atoms with Crippen molar-refractivity contribution in [2.75, 3.05) is 0 Å². The predicted molar refractivity (Wildman–Crippen MR) is 92.5 cm³/mol. The van der Waals surface area contributed by atoms with Crippen LogP contribution in [0.3, 0.4) is 0 Å². The molecule has 2 aromatic carbocycles. The van der Waals surface area contributed by atoms with Gasteiger partial charge in [0.2, 0.25) is 0 Å². The number of alkyl halides is 1. The molecule has 0 saturated heterocycles. The zero-order chi connectivity index (χ0) is 15.1. The highest BCUT2D eigenvalue weighted by molar-refractivity contribution is 9.10. The van der Waals surface area contributed by atoms with E-state index in [1.165, 1.54) is 22.4 Å². The Balaban J connectivity index is 2.42. The monoisotopic (exact) mass is 362 g/mol. The minimum Gasteiger partial charge on any atom is -0.295 e. The lowest BCUT2D eigenvalue weighted by molar-refractivity contribution is 0.961. The first-order chi connectivity index (χ1) is 10.0. The van der Waals surface area contributed by atoms with Gasteiger partial charge in [0.1, 0.15) is 5.82 Å². The molecule has 4 heteroatoms. The van der Waals surface area contributed by atoms with Gasteiger partial charge in [-0.2, -0.15) is 0 Å². The van der Waals surface area contributed by atoms with E-state index in [-0.39, 0.29) is 0 Å². The number of rotatable bonds is 2. The molecule has 1 heterocycles. The molecule has 0 fully saturated rings. The molecular formula is C17H16BrClN2. The number of para-hydroxylation sites is 1. The Morgan fingerprint density at radius 3 is 2.38 bits per heavy atom. The van der Waals surface area contributed by atoms with Gasteiger partial charge in [0.15, 0.2) is 0 Å². The molecule has 3 aromatic rings. The molecule has 0 bridgehead atoms. The fourth-order valence-electron chi connectivity index (χ4n) is 2.88. The van der Waals surface area contributed by atoms with Gasteiger partial charge in [-0.05, 0) is 55.7 Å². The van der Waals surface area contributed by atoms with Crippen molar-refractivity contribution < 1.29 is 0 Å². The minimum atomic E-state index is 0.392. The molecule has 0 aliphatic rings. The van der Waals surface area contributed by atoms with E-state index < -0.39 is 0 Å². The first-order valence-electron chi connectivity index (χ1n) is 6.83. The molecule has 108 valence electrons. The summed E-state index contributed by atoms with van der Waals surface area (Å²) < 4.78 is 3.28. The minimum absolute atomic E-state index is 0.392. The van der Waals surface area contributed by atoms with Crippen LogP contribution in [0.4, 0.5) is 0 Å². The highest BCUT2D eigenvalue weighted by atomic mass is 79.9. The summed E-state index contributed by atoms with van der Waals surface area (Å²) in [7, 11) is 0. The van der Waals surface area contributed by atoms with E-state index >= 15 is 0 Å². The van der Waals surface area contributed by atoms with Crippen LogP contribution in [0.2, 0.25) is 0 Å². The summed E-state index contributed by atoms with van der Waals surface area (Å²) in [5.74, 6) is 1.28. The van der Waals surface area contributed by atoms with Gasteiger partial charge in [-0.25, -0.2) is 4.98 Å². The van der Waals surface area contributed by atoms with Crippen molar-refractivity contribution in [3.05, 3.63) is 57.3 Å². The van der Waals surface area contributed by atoms with Gasteiger partial charge in [-0.15, -0.1) is 11.6 Å². The van der Waals surface area contributed by atoms with E-state index in [1.807, 2.05) is 0 Å². The lowest BCUT2D eigenvalue weighted by Crippen LogP contribution is -2.04. The summed E-state index contributed by atoms with van der Waals surface area (Å²) in [5, 5.41) is 0. The van der Waals surface area contributed by atoms with Crippen molar-refractivity contribution in [1.82, 2.24) is 9.55 Å². The topological polar surface area (TPSA) is 17.8 Å². The predicted octanol–water partition coefficient (Wildman–Crippen LogP) is 5.45. The van der Waals surface area contributed by atoms with Gasteiger partial charge in [0.05, 0.1) is 22.6 Å². The van der Waals surface area contributed by atoms with E-state index in [1.54, 1.807) is 0 Å². The fraction of sp³-hybridized carbons (Fsp3) is 0.235. The number of fused-ring (bicyclic) bond motifs is 1. The van der Waals surface area contributed by atoms with Crippen LogP contribution < -0.4 is 0 Å². The average Bonchev–Trinajstić information content (AvgIpc) is 2.78. The number of aryl methyl sites for hydroxylation is 3. The molecule has 0 aliphatic heterocycles. The smallest absolute Gasteiger partial charge is 0.129 e. The number of nitrogens with zero attached hydrogens (tertiary/aromatic N) is 2. The Bertz CT molecular complexity index is 813. The summed E-state index contributed by atoms with van der Waals surface area (Å²) in [5.41, 5.74) is 6.88. The van der Waals surface area contributed by atoms with E-state index in [9.17, 15) is 0 Å². The molecule has 0 unspecified atom stereocenters. The first kappa shape index (κ1) is 14.6. The van der Waals surface area contributed by atoms with Crippen molar-refractivity contribution in [2.24, 2.45) is 0 Å². The van der Waals surface area contributed by atoms with E-state index in [4.69, 9.17) is 16.6 Å². The number of imidazole rings is 1. The molecule has 2 nitrogen and oxygen atoms in total. The molecule has 0 N–H and O–H groups in total. The van der Waals surface area contributed by atoms with Gasteiger partial charge in [0.25, 0.3) is 0 Å². The highest BCUT2D eigenvalue weighted by Gasteiger charge is 2.16. The lowest BCUT2D eigenvalue weighted by Gasteiger charge is -2.15. The number of halogens is 2. The van der Waals surface area contributed by atoms with E-state index in [0.717, 1.165) is 21.3 Å². The molecule has 21 heavy (non-hydrogen) atoms. The van der Waals surface area contributed by atoms with Crippen LogP contribution in [-0.4, -0.2) is 9.55 Å². The molecule has 3 rings (SSSR count). The van der Waals surface area contributed by atoms with Gasteiger partial charge < -0.3 is 0 Å². The van der Waals surface area contributed by atoms with E-state index in [2.05, 4.69) is 71.6 Å². The van der Waals surface area contributed by atoms with E-state index in [0.29, 0.717) is 5.88 Å². The number of aromatic nitrogens is 2. The zero-order valence-electron chi connectivity index (χ0n) is 12.2. The highest BCUT2D eigenvalue weighted by Crippen LogP contribution is 2.30. The van der Waals surface area contributed by atoms with Crippen molar-refractivity contribution in [3.8, 4) is 5.69 Å². The van der Waals surface area contributed by atoms with Gasteiger partial charge in [0, 0.05) is 4.47 Å². The Kier molecular flexibility index (Phi) is 3.80. The van der Waals surface area contributed by atoms with Crippen molar-refractivity contribution in [3.63, 3.8) is 0 Å². The molecule has 0 amide bonds. The largest absolute Gasteiger partial charge is 0.295 e. The molecule has 0 radical (unpaired) electrons. The molecular weight excluding hydrogens is 348 g/mol. The van der Waals surface area contributed by atoms with Gasteiger partial charge in [-0.1, -0.05) is 28.1 Å². The third-order valence-corrected chi connectivity index (χ3v) is 4.45. The molecule has 0 aliphatic carbocycles. The van der Waals surface area contributed by atoms with Crippen molar-refractivity contribution in [2.45, 2.75) is 26.7 Å². The Hall–Kier alpha value is -1.32. The first-order valence-corrected chi connectivity index (χ1v) is 8.15. The molecule has 0 saturated carbocycles. The van der Waals surface area contributed by atoms with Gasteiger partial charge in [-0.3, -0.25) is 4.57 Å².